The molecule has 3 heteroatoms. The van der Waals surface area contributed by atoms with Gasteiger partial charge in [-0.2, -0.15) is 0 Å². The van der Waals surface area contributed by atoms with Gasteiger partial charge in [-0.1, -0.05) is 6.07 Å². The Labute approximate surface area is 90.7 Å². The lowest BCUT2D eigenvalue weighted by Gasteiger charge is -2.21. The van der Waals surface area contributed by atoms with Crippen molar-refractivity contribution in [3.8, 4) is 5.75 Å². The second-order valence-electron chi connectivity index (χ2n) is 3.71. The molecule has 0 heterocycles. The van der Waals surface area contributed by atoms with E-state index in [1.165, 1.54) is 0 Å². The lowest BCUT2D eigenvalue weighted by molar-refractivity contribution is -0.116. The van der Waals surface area contributed by atoms with E-state index in [1.54, 1.807) is 26.0 Å². The molecule has 82 valence electrons. The molecule has 3 nitrogen and oxygen atoms in total. The maximum absolute atomic E-state index is 11.3. The fourth-order valence-corrected chi connectivity index (χ4v) is 1.66. The third-order valence-electron chi connectivity index (χ3n) is 2.44. The molecular formula is C12H17NO2. The van der Waals surface area contributed by atoms with Gasteiger partial charge >= 0.3 is 0 Å². The quantitative estimate of drug-likeness (QED) is 0.744. The molecule has 0 saturated heterocycles. The highest BCUT2D eigenvalue weighted by Gasteiger charge is 2.14. The van der Waals surface area contributed by atoms with Crippen molar-refractivity contribution in [1.82, 2.24) is 0 Å². The van der Waals surface area contributed by atoms with E-state index < -0.39 is 0 Å². The molecule has 0 aliphatic carbocycles. The standard InChI is InChI=1S/C12H17NO2/c1-8-6-9(2)12(11(7-8)15-5)13(4)10(3)14/h6-7H,1-5H3. The first kappa shape index (κ1) is 11.6. The van der Waals surface area contributed by atoms with E-state index >= 15 is 0 Å². The highest BCUT2D eigenvalue weighted by molar-refractivity contribution is 5.93. The predicted molar refractivity (Wildman–Crippen MR) is 61.6 cm³/mol. The molecular weight excluding hydrogens is 190 g/mol. The fourth-order valence-electron chi connectivity index (χ4n) is 1.66. The number of carbonyl (C=O) groups is 1. The summed E-state index contributed by atoms with van der Waals surface area (Å²) in [4.78, 5) is 12.9. The SMILES string of the molecule is COc1cc(C)cc(C)c1N(C)C(C)=O. The summed E-state index contributed by atoms with van der Waals surface area (Å²) in [6, 6.07) is 3.97. The molecule has 0 saturated carbocycles. The molecule has 0 N–H and O–H groups in total. The molecule has 0 radical (unpaired) electrons. The van der Waals surface area contributed by atoms with Crippen molar-refractivity contribution in [3.63, 3.8) is 0 Å². The molecule has 0 aliphatic heterocycles. The van der Waals surface area contributed by atoms with Crippen molar-refractivity contribution in [2.75, 3.05) is 19.1 Å². The van der Waals surface area contributed by atoms with Gasteiger partial charge in [-0.3, -0.25) is 4.79 Å². The van der Waals surface area contributed by atoms with E-state index in [4.69, 9.17) is 4.74 Å². The van der Waals surface area contributed by atoms with Gasteiger partial charge < -0.3 is 9.64 Å². The van der Waals surface area contributed by atoms with Crippen LogP contribution in [0.1, 0.15) is 18.1 Å². The van der Waals surface area contributed by atoms with Crippen LogP contribution in [0.15, 0.2) is 12.1 Å². The number of ether oxygens (including phenoxy) is 1. The number of benzene rings is 1. The largest absolute Gasteiger partial charge is 0.495 e. The van der Waals surface area contributed by atoms with E-state index in [-0.39, 0.29) is 5.91 Å². The Morgan fingerprint density at radius 3 is 2.40 bits per heavy atom. The van der Waals surface area contributed by atoms with E-state index in [2.05, 4.69) is 0 Å². The molecule has 0 spiro atoms. The number of methoxy groups -OCH3 is 1. The van der Waals surface area contributed by atoms with E-state index in [1.807, 2.05) is 26.0 Å². The molecule has 0 atom stereocenters. The number of rotatable bonds is 2. The molecule has 1 amide bonds. The van der Waals surface area contributed by atoms with Gasteiger partial charge in [0.2, 0.25) is 5.91 Å². The predicted octanol–water partition coefficient (Wildman–Crippen LogP) is 2.29. The fraction of sp³-hybridized carbons (Fsp3) is 0.417. The highest BCUT2D eigenvalue weighted by atomic mass is 16.5. The summed E-state index contributed by atoms with van der Waals surface area (Å²) in [5.74, 6) is 0.741. The van der Waals surface area contributed by atoms with Gasteiger partial charge in [0.1, 0.15) is 5.75 Å². The molecule has 1 rings (SSSR count). The number of nitrogens with zero attached hydrogens (tertiary/aromatic N) is 1. The van der Waals surface area contributed by atoms with Crippen LogP contribution in [-0.4, -0.2) is 20.1 Å². The van der Waals surface area contributed by atoms with E-state index in [9.17, 15) is 4.79 Å². The van der Waals surface area contributed by atoms with Crippen LogP contribution in [0.5, 0.6) is 5.75 Å². The summed E-state index contributed by atoms with van der Waals surface area (Å²) in [5, 5.41) is 0. The van der Waals surface area contributed by atoms with E-state index in [0.717, 1.165) is 22.6 Å². The van der Waals surface area contributed by atoms with Gasteiger partial charge in [0.15, 0.2) is 0 Å². The van der Waals surface area contributed by atoms with Crippen LogP contribution < -0.4 is 9.64 Å². The van der Waals surface area contributed by atoms with Crippen molar-refractivity contribution in [3.05, 3.63) is 23.3 Å². The summed E-state index contributed by atoms with van der Waals surface area (Å²) >= 11 is 0. The van der Waals surface area contributed by atoms with Crippen LogP contribution in [0.25, 0.3) is 0 Å². The number of anilines is 1. The third kappa shape index (κ3) is 2.29. The van der Waals surface area contributed by atoms with Gasteiger partial charge in [-0.15, -0.1) is 0 Å². The van der Waals surface area contributed by atoms with E-state index in [0.29, 0.717) is 0 Å². The summed E-state index contributed by atoms with van der Waals surface area (Å²) < 4.78 is 5.28. The molecule has 1 aromatic carbocycles. The average molecular weight is 207 g/mol. The number of amides is 1. The maximum Gasteiger partial charge on any atom is 0.223 e. The Kier molecular flexibility index (Phi) is 3.35. The van der Waals surface area contributed by atoms with Crippen LogP contribution in [0.3, 0.4) is 0 Å². The van der Waals surface area contributed by atoms with Crippen molar-refractivity contribution in [1.29, 1.82) is 0 Å². The molecule has 0 unspecified atom stereocenters. The van der Waals surface area contributed by atoms with Crippen LogP contribution in [0, 0.1) is 13.8 Å². The molecule has 0 fully saturated rings. The first-order valence-corrected chi connectivity index (χ1v) is 4.87. The highest BCUT2D eigenvalue weighted by Crippen LogP contribution is 2.32. The molecule has 0 aliphatic rings. The Hall–Kier alpha value is -1.51. The normalized spacial score (nSPS) is 9.93. The van der Waals surface area contributed by atoms with Crippen molar-refractivity contribution < 1.29 is 9.53 Å². The third-order valence-corrected chi connectivity index (χ3v) is 2.44. The summed E-state index contributed by atoms with van der Waals surface area (Å²) in [5.41, 5.74) is 3.02. The average Bonchev–Trinajstić information content (AvgIpc) is 2.15. The van der Waals surface area contributed by atoms with Crippen molar-refractivity contribution in [2.45, 2.75) is 20.8 Å². The number of aryl methyl sites for hydroxylation is 2. The maximum atomic E-state index is 11.3. The lowest BCUT2D eigenvalue weighted by Crippen LogP contribution is -2.24. The van der Waals surface area contributed by atoms with Gasteiger partial charge in [-0.05, 0) is 31.0 Å². The first-order chi connectivity index (χ1) is 6.97. The number of carbonyl (C=O) groups excluding carboxylic acids is 1. The number of hydrogen-bond acceptors (Lipinski definition) is 2. The Morgan fingerprint density at radius 1 is 1.33 bits per heavy atom. The lowest BCUT2D eigenvalue weighted by atomic mass is 10.1. The van der Waals surface area contributed by atoms with Crippen LogP contribution in [-0.2, 0) is 4.79 Å². The first-order valence-electron chi connectivity index (χ1n) is 4.87. The zero-order valence-electron chi connectivity index (χ0n) is 9.92. The minimum absolute atomic E-state index is 0.000234. The zero-order chi connectivity index (χ0) is 11.6. The minimum Gasteiger partial charge on any atom is -0.495 e. The van der Waals surface area contributed by atoms with Gasteiger partial charge in [0.25, 0.3) is 0 Å². The Balaban J connectivity index is 3.32. The van der Waals surface area contributed by atoms with Crippen LogP contribution in [0.2, 0.25) is 0 Å². The Morgan fingerprint density at radius 2 is 1.93 bits per heavy atom. The zero-order valence-corrected chi connectivity index (χ0v) is 9.92. The second-order valence-corrected chi connectivity index (χ2v) is 3.71. The van der Waals surface area contributed by atoms with Gasteiger partial charge in [0.05, 0.1) is 12.8 Å². The summed E-state index contributed by atoms with van der Waals surface area (Å²) in [6.07, 6.45) is 0. The molecule has 15 heavy (non-hydrogen) atoms. The van der Waals surface area contributed by atoms with Crippen LogP contribution >= 0.6 is 0 Å². The van der Waals surface area contributed by atoms with Crippen molar-refractivity contribution in [2.24, 2.45) is 0 Å². The Bertz CT molecular complexity index is 385. The summed E-state index contributed by atoms with van der Waals surface area (Å²) in [7, 11) is 3.37. The second kappa shape index (κ2) is 4.34. The van der Waals surface area contributed by atoms with Gasteiger partial charge in [0, 0.05) is 14.0 Å². The van der Waals surface area contributed by atoms with Crippen LogP contribution in [0.4, 0.5) is 5.69 Å². The molecule has 1 aromatic rings. The van der Waals surface area contributed by atoms with Crippen molar-refractivity contribution >= 4 is 11.6 Å². The van der Waals surface area contributed by atoms with Gasteiger partial charge in [-0.25, -0.2) is 0 Å². The monoisotopic (exact) mass is 207 g/mol. The smallest absolute Gasteiger partial charge is 0.223 e. The molecule has 0 bridgehead atoms. The topological polar surface area (TPSA) is 29.5 Å². The molecule has 0 aromatic heterocycles. The summed E-state index contributed by atoms with van der Waals surface area (Å²) in [6.45, 7) is 5.52. The minimum atomic E-state index is 0.000234. The number of hydrogen-bond donors (Lipinski definition) is 0.